The number of rotatable bonds is 4. The molecule has 0 unspecified atom stereocenters. The molecule has 2 aromatic carbocycles. The van der Waals surface area contributed by atoms with Gasteiger partial charge in [0.1, 0.15) is 11.6 Å². The Bertz CT molecular complexity index is 771. The number of aromatic nitrogens is 1. The molecular weight excluding hydrogens is 262 g/mol. The minimum Gasteiger partial charge on any atom is -0.493 e. The average Bonchev–Trinajstić information content (AvgIpc) is 2.50. The van der Waals surface area contributed by atoms with E-state index in [1.54, 1.807) is 18.3 Å². The Hall–Kier alpha value is -2.75. The molecule has 0 bridgehead atoms. The normalized spacial score (nSPS) is 10.7. The quantitative estimate of drug-likeness (QED) is 0.720. The largest absolute Gasteiger partial charge is 0.493 e. The summed E-state index contributed by atoms with van der Waals surface area (Å²) in [4.78, 5) is 3.94. The van der Waals surface area contributed by atoms with E-state index in [1.807, 2.05) is 24.3 Å². The second kappa shape index (κ2) is 5.71. The molecule has 0 saturated carbocycles. The third kappa shape index (κ3) is 2.89. The molecule has 3 aromatic rings. The maximum Gasteiger partial charge on any atom is 0.126 e. The van der Waals surface area contributed by atoms with Crippen LogP contribution >= 0.6 is 0 Å². The number of pyridine rings is 1. The first-order chi connectivity index (χ1) is 10.2. The van der Waals surface area contributed by atoms with Crippen LogP contribution in [0, 0.1) is 0 Å². The van der Waals surface area contributed by atoms with Crippen LogP contribution in [-0.2, 0) is 6.42 Å². The molecule has 4 heteroatoms. The van der Waals surface area contributed by atoms with Crippen LogP contribution in [0.2, 0.25) is 0 Å². The first-order valence-electron chi connectivity index (χ1n) is 6.84. The number of anilines is 2. The third-order valence-electron chi connectivity index (χ3n) is 3.44. The van der Waals surface area contributed by atoms with Gasteiger partial charge >= 0.3 is 0 Å². The molecule has 0 saturated heterocycles. The van der Waals surface area contributed by atoms with Gasteiger partial charge in [0.15, 0.2) is 0 Å². The zero-order chi connectivity index (χ0) is 14.7. The molecule has 1 heterocycles. The lowest BCUT2D eigenvalue weighted by atomic mass is 10.0. The Morgan fingerprint density at radius 1 is 0.952 bits per heavy atom. The summed E-state index contributed by atoms with van der Waals surface area (Å²) in [5, 5.41) is 2.26. The molecule has 106 valence electrons. The van der Waals surface area contributed by atoms with Gasteiger partial charge in [-0.25, -0.2) is 4.98 Å². The van der Waals surface area contributed by atoms with Gasteiger partial charge < -0.3 is 16.2 Å². The minimum atomic E-state index is 0.463. The van der Waals surface area contributed by atoms with Gasteiger partial charge in [-0.1, -0.05) is 30.3 Å². The van der Waals surface area contributed by atoms with E-state index in [-0.39, 0.29) is 0 Å². The Morgan fingerprint density at radius 2 is 1.76 bits per heavy atom. The summed E-state index contributed by atoms with van der Waals surface area (Å²) in [6, 6.07) is 15.7. The predicted octanol–water partition coefficient (Wildman–Crippen LogP) is 3.02. The monoisotopic (exact) mass is 279 g/mol. The van der Waals surface area contributed by atoms with Crippen LogP contribution in [0.4, 0.5) is 11.5 Å². The maximum absolute atomic E-state index is 6.01. The first-order valence-corrected chi connectivity index (χ1v) is 6.84. The van der Waals surface area contributed by atoms with E-state index < -0.39 is 0 Å². The number of fused-ring (bicyclic) bond motifs is 1. The summed E-state index contributed by atoms with van der Waals surface area (Å²) in [5.41, 5.74) is 13.7. The van der Waals surface area contributed by atoms with Crippen molar-refractivity contribution in [2.45, 2.75) is 6.42 Å². The molecule has 0 fully saturated rings. The van der Waals surface area contributed by atoms with E-state index >= 15 is 0 Å². The second-order valence-electron chi connectivity index (χ2n) is 4.87. The topological polar surface area (TPSA) is 74.2 Å². The van der Waals surface area contributed by atoms with Gasteiger partial charge in [-0.05, 0) is 23.1 Å². The Labute approximate surface area is 123 Å². The maximum atomic E-state index is 6.01. The molecule has 0 aliphatic rings. The van der Waals surface area contributed by atoms with Gasteiger partial charge in [0.05, 0.1) is 6.61 Å². The fraction of sp³-hybridized carbons (Fsp3) is 0.118. The van der Waals surface area contributed by atoms with Crippen LogP contribution in [0.25, 0.3) is 10.8 Å². The van der Waals surface area contributed by atoms with Gasteiger partial charge in [0.25, 0.3) is 0 Å². The molecule has 0 spiro atoms. The van der Waals surface area contributed by atoms with E-state index in [9.17, 15) is 0 Å². The summed E-state index contributed by atoms with van der Waals surface area (Å²) in [6.45, 7) is 0.581. The number of nitrogen functional groups attached to an aromatic ring is 2. The number of nitrogens with zero attached hydrogens (tertiary/aromatic N) is 1. The highest BCUT2D eigenvalue weighted by atomic mass is 16.5. The molecule has 0 radical (unpaired) electrons. The lowest BCUT2D eigenvalue weighted by Crippen LogP contribution is -2.03. The first kappa shape index (κ1) is 13.2. The standard InChI is InChI=1S/C17H17N3O/c18-16-6-5-12(14-3-1-2-4-15(14)16)8-10-21-13-7-9-20-17(19)11-13/h1-7,9,11H,8,10,18H2,(H2,19,20). The van der Waals surface area contributed by atoms with Crippen molar-refractivity contribution in [3.63, 3.8) is 0 Å². The van der Waals surface area contributed by atoms with E-state index in [4.69, 9.17) is 16.2 Å². The fourth-order valence-corrected chi connectivity index (χ4v) is 2.40. The molecule has 1 aromatic heterocycles. The van der Waals surface area contributed by atoms with Crippen LogP contribution in [-0.4, -0.2) is 11.6 Å². The molecule has 0 amide bonds. The van der Waals surface area contributed by atoms with Crippen LogP contribution < -0.4 is 16.2 Å². The lowest BCUT2D eigenvalue weighted by Gasteiger charge is -2.10. The molecule has 21 heavy (non-hydrogen) atoms. The SMILES string of the molecule is Nc1cc(OCCc2ccc(N)c3ccccc23)ccn1. The highest BCUT2D eigenvalue weighted by Gasteiger charge is 2.04. The van der Waals surface area contributed by atoms with E-state index in [2.05, 4.69) is 17.1 Å². The van der Waals surface area contributed by atoms with Gasteiger partial charge in [-0.2, -0.15) is 0 Å². The summed E-state index contributed by atoms with van der Waals surface area (Å²) in [5.74, 6) is 1.20. The number of hydrogen-bond acceptors (Lipinski definition) is 4. The Morgan fingerprint density at radius 3 is 2.57 bits per heavy atom. The number of hydrogen-bond donors (Lipinski definition) is 2. The van der Waals surface area contributed by atoms with Gasteiger partial charge in [-0.15, -0.1) is 0 Å². The zero-order valence-corrected chi connectivity index (χ0v) is 11.6. The molecular formula is C17H17N3O. The molecule has 3 rings (SSSR count). The van der Waals surface area contributed by atoms with E-state index in [1.165, 1.54) is 10.9 Å². The van der Waals surface area contributed by atoms with Crippen LogP contribution in [0.15, 0.2) is 54.7 Å². The lowest BCUT2D eigenvalue weighted by molar-refractivity contribution is 0.322. The second-order valence-corrected chi connectivity index (χ2v) is 4.87. The van der Waals surface area contributed by atoms with Crippen molar-refractivity contribution in [3.8, 4) is 5.75 Å². The van der Waals surface area contributed by atoms with Crippen LogP contribution in [0.1, 0.15) is 5.56 Å². The van der Waals surface area contributed by atoms with Crippen molar-refractivity contribution >= 4 is 22.3 Å². The third-order valence-corrected chi connectivity index (χ3v) is 3.44. The van der Waals surface area contributed by atoms with Crippen molar-refractivity contribution in [2.24, 2.45) is 0 Å². The Balaban J connectivity index is 1.75. The van der Waals surface area contributed by atoms with Crippen LogP contribution in [0.3, 0.4) is 0 Å². The molecule has 0 aliphatic heterocycles. The van der Waals surface area contributed by atoms with E-state index in [0.717, 1.165) is 23.2 Å². The van der Waals surface area contributed by atoms with Crippen molar-refractivity contribution in [1.82, 2.24) is 4.98 Å². The smallest absolute Gasteiger partial charge is 0.126 e. The molecule has 4 N–H and O–H groups in total. The zero-order valence-electron chi connectivity index (χ0n) is 11.6. The number of benzene rings is 2. The van der Waals surface area contributed by atoms with Gasteiger partial charge in [0, 0.05) is 29.8 Å². The summed E-state index contributed by atoms with van der Waals surface area (Å²) in [6.07, 6.45) is 2.45. The Kier molecular flexibility index (Phi) is 3.60. The van der Waals surface area contributed by atoms with Gasteiger partial charge in [-0.3, -0.25) is 0 Å². The highest BCUT2D eigenvalue weighted by Crippen LogP contribution is 2.25. The summed E-state index contributed by atoms with van der Waals surface area (Å²) >= 11 is 0. The number of ether oxygens (including phenoxy) is 1. The molecule has 0 aliphatic carbocycles. The number of nitrogens with two attached hydrogens (primary N) is 2. The summed E-state index contributed by atoms with van der Waals surface area (Å²) < 4.78 is 5.72. The van der Waals surface area contributed by atoms with Crippen molar-refractivity contribution in [1.29, 1.82) is 0 Å². The van der Waals surface area contributed by atoms with Crippen molar-refractivity contribution in [3.05, 3.63) is 60.3 Å². The minimum absolute atomic E-state index is 0.463. The van der Waals surface area contributed by atoms with Crippen molar-refractivity contribution in [2.75, 3.05) is 18.1 Å². The molecule has 0 atom stereocenters. The summed E-state index contributed by atoms with van der Waals surface area (Å²) in [7, 11) is 0. The molecule has 4 nitrogen and oxygen atoms in total. The van der Waals surface area contributed by atoms with E-state index in [0.29, 0.717) is 12.4 Å². The fourth-order valence-electron chi connectivity index (χ4n) is 2.40. The highest BCUT2D eigenvalue weighted by molar-refractivity contribution is 5.95. The van der Waals surface area contributed by atoms with Gasteiger partial charge in [0.2, 0.25) is 0 Å². The average molecular weight is 279 g/mol. The van der Waals surface area contributed by atoms with Crippen LogP contribution in [0.5, 0.6) is 5.75 Å². The predicted molar refractivity (Wildman–Crippen MR) is 86.2 cm³/mol. The van der Waals surface area contributed by atoms with Crippen molar-refractivity contribution < 1.29 is 4.74 Å².